The maximum Gasteiger partial charge on any atom is 0.0483 e. The Balaban J connectivity index is 0. The number of allylic oxidation sites excluding steroid dienone is 1. The molecule has 16 heavy (non-hydrogen) atoms. The van der Waals surface area contributed by atoms with Crippen molar-refractivity contribution >= 4 is 17.2 Å². The first-order valence-electron chi connectivity index (χ1n) is 5.95. The van der Waals surface area contributed by atoms with Crippen molar-refractivity contribution in [3.8, 4) is 0 Å². The molecular formula is C15H25Cl. The van der Waals surface area contributed by atoms with Crippen molar-refractivity contribution in [2.45, 2.75) is 48.0 Å². The van der Waals surface area contributed by atoms with E-state index in [2.05, 4.69) is 20.4 Å². The Bertz CT molecular complexity index is 280. The Morgan fingerprint density at radius 1 is 1.25 bits per heavy atom. The first-order valence-corrected chi connectivity index (χ1v) is 6.33. The van der Waals surface area contributed by atoms with E-state index >= 15 is 0 Å². The fourth-order valence-corrected chi connectivity index (χ4v) is 1.56. The SMILES string of the molecule is C=C(C)c1c(C)cccc1Cl.CC.CCC. The fourth-order valence-electron chi connectivity index (χ4n) is 1.17. The minimum Gasteiger partial charge on any atom is -0.0955 e. The van der Waals surface area contributed by atoms with E-state index in [0.29, 0.717) is 0 Å². The lowest BCUT2D eigenvalue weighted by molar-refractivity contribution is 1.09. The van der Waals surface area contributed by atoms with Gasteiger partial charge < -0.3 is 0 Å². The van der Waals surface area contributed by atoms with Gasteiger partial charge in [-0.1, -0.05) is 64.4 Å². The minimum absolute atomic E-state index is 0.789. The minimum atomic E-state index is 0.789. The highest BCUT2D eigenvalue weighted by Crippen LogP contribution is 2.25. The molecule has 0 heterocycles. The van der Waals surface area contributed by atoms with Gasteiger partial charge >= 0.3 is 0 Å². The molecule has 0 aliphatic rings. The molecular weight excluding hydrogens is 216 g/mol. The summed E-state index contributed by atoms with van der Waals surface area (Å²) < 4.78 is 0. The van der Waals surface area contributed by atoms with E-state index in [1.807, 2.05) is 45.9 Å². The molecule has 0 fully saturated rings. The predicted octanol–water partition coefficient (Wildman–Crippen LogP) is 6.12. The topological polar surface area (TPSA) is 0 Å². The molecule has 1 heteroatoms. The molecule has 1 aromatic carbocycles. The Labute approximate surface area is 106 Å². The maximum absolute atomic E-state index is 5.96. The molecule has 0 saturated carbocycles. The Kier molecular flexibility index (Phi) is 11.9. The molecule has 1 rings (SSSR count). The number of aryl methyl sites for hydroxylation is 1. The number of hydrogen-bond donors (Lipinski definition) is 0. The fraction of sp³-hybridized carbons (Fsp3) is 0.467. The lowest BCUT2D eigenvalue weighted by Crippen LogP contribution is -1.84. The zero-order valence-electron chi connectivity index (χ0n) is 11.5. The van der Waals surface area contributed by atoms with E-state index in [1.54, 1.807) is 0 Å². The van der Waals surface area contributed by atoms with Crippen LogP contribution >= 0.6 is 11.6 Å². The lowest BCUT2D eigenvalue weighted by Gasteiger charge is -2.06. The number of benzene rings is 1. The molecule has 0 aliphatic heterocycles. The van der Waals surface area contributed by atoms with Crippen LogP contribution in [0.1, 0.15) is 52.2 Å². The van der Waals surface area contributed by atoms with Crippen LogP contribution in [0.15, 0.2) is 24.8 Å². The van der Waals surface area contributed by atoms with E-state index < -0.39 is 0 Å². The summed E-state index contributed by atoms with van der Waals surface area (Å²) in [6, 6.07) is 5.87. The highest BCUT2D eigenvalue weighted by molar-refractivity contribution is 6.32. The summed E-state index contributed by atoms with van der Waals surface area (Å²) in [6.07, 6.45) is 1.25. The standard InChI is InChI=1S/C10H11Cl.C3H8.C2H6/c1-7(2)10-8(3)5-4-6-9(10)11;1-3-2;1-2/h4-6H,1H2,2-3H3;3H2,1-2H3;1-2H3. The lowest BCUT2D eigenvalue weighted by atomic mass is 10.0. The summed E-state index contributed by atoms with van der Waals surface area (Å²) in [4.78, 5) is 0. The average Bonchev–Trinajstić information content (AvgIpc) is 2.21. The van der Waals surface area contributed by atoms with E-state index in [-0.39, 0.29) is 0 Å². The third-order valence-corrected chi connectivity index (χ3v) is 1.96. The van der Waals surface area contributed by atoms with Crippen LogP contribution in [-0.4, -0.2) is 0 Å². The van der Waals surface area contributed by atoms with Crippen LogP contribution in [0.2, 0.25) is 5.02 Å². The van der Waals surface area contributed by atoms with Gasteiger partial charge in [-0.25, -0.2) is 0 Å². The van der Waals surface area contributed by atoms with Crippen molar-refractivity contribution < 1.29 is 0 Å². The molecule has 0 aromatic heterocycles. The van der Waals surface area contributed by atoms with Gasteiger partial charge in [0, 0.05) is 5.02 Å². The van der Waals surface area contributed by atoms with Crippen LogP contribution in [0.4, 0.5) is 0 Å². The first kappa shape index (κ1) is 17.6. The van der Waals surface area contributed by atoms with Gasteiger partial charge in [0.1, 0.15) is 0 Å². The second-order valence-corrected chi connectivity index (χ2v) is 3.83. The third kappa shape index (κ3) is 6.68. The van der Waals surface area contributed by atoms with Crippen LogP contribution in [0.25, 0.3) is 5.57 Å². The van der Waals surface area contributed by atoms with E-state index in [4.69, 9.17) is 11.6 Å². The van der Waals surface area contributed by atoms with E-state index in [1.165, 1.54) is 12.0 Å². The molecule has 0 aliphatic carbocycles. The van der Waals surface area contributed by atoms with Gasteiger partial charge in [0.2, 0.25) is 0 Å². The zero-order valence-corrected chi connectivity index (χ0v) is 12.3. The molecule has 0 bridgehead atoms. The summed E-state index contributed by atoms with van der Waals surface area (Å²) >= 11 is 5.96. The van der Waals surface area contributed by atoms with Gasteiger partial charge in [-0.05, 0) is 36.6 Å². The molecule has 0 unspecified atom stereocenters. The molecule has 0 atom stereocenters. The zero-order chi connectivity index (χ0) is 13.1. The van der Waals surface area contributed by atoms with Gasteiger partial charge in [0.15, 0.2) is 0 Å². The van der Waals surface area contributed by atoms with Crippen molar-refractivity contribution in [2.24, 2.45) is 0 Å². The second kappa shape index (κ2) is 10.8. The van der Waals surface area contributed by atoms with Crippen LogP contribution in [0.3, 0.4) is 0 Å². The first-order chi connectivity index (χ1) is 7.54. The van der Waals surface area contributed by atoms with Gasteiger partial charge in [0.05, 0.1) is 0 Å². The van der Waals surface area contributed by atoms with Crippen LogP contribution in [0.5, 0.6) is 0 Å². The van der Waals surface area contributed by atoms with Crippen LogP contribution in [-0.2, 0) is 0 Å². The van der Waals surface area contributed by atoms with Gasteiger partial charge in [-0.2, -0.15) is 0 Å². The summed E-state index contributed by atoms with van der Waals surface area (Å²) in [5.74, 6) is 0. The summed E-state index contributed by atoms with van der Waals surface area (Å²) in [5, 5.41) is 0.789. The van der Waals surface area contributed by atoms with Crippen molar-refractivity contribution in [1.29, 1.82) is 0 Å². The van der Waals surface area contributed by atoms with Crippen molar-refractivity contribution in [2.75, 3.05) is 0 Å². The highest BCUT2D eigenvalue weighted by Gasteiger charge is 2.02. The molecule has 0 amide bonds. The van der Waals surface area contributed by atoms with Crippen LogP contribution in [0, 0.1) is 6.92 Å². The monoisotopic (exact) mass is 240 g/mol. The normalized spacial score (nSPS) is 8.19. The van der Waals surface area contributed by atoms with E-state index in [9.17, 15) is 0 Å². The van der Waals surface area contributed by atoms with E-state index in [0.717, 1.165) is 16.2 Å². The molecule has 0 radical (unpaired) electrons. The Morgan fingerprint density at radius 2 is 1.69 bits per heavy atom. The number of rotatable bonds is 1. The summed E-state index contributed by atoms with van der Waals surface area (Å²) in [6.45, 7) is 16.1. The molecule has 0 N–H and O–H groups in total. The van der Waals surface area contributed by atoms with Crippen molar-refractivity contribution in [3.63, 3.8) is 0 Å². The molecule has 0 saturated heterocycles. The highest BCUT2D eigenvalue weighted by atomic mass is 35.5. The van der Waals surface area contributed by atoms with Crippen molar-refractivity contribution in [3.05, 3.63) is 40.9 Å². The smallest absolute Gasteiger partial charge is 0.0483 e. The third-order valence-electron chi connectivity index (χ3n) is 1.65. The van der Waals surface area contributed by atoms with Crippen molar-refractivity contribution in [1.82, 2.24) is 0 Å². The number of halogens is 1. The second-order valence-electron chi connectivity index (χ2n) is 3.42. The summed E-state index contributed by atoms with van der Waals surface area (Å²) in [5.41, 5.74) is 3.28. The maximum atomic E-state index is 5.96. The summed E-state index contributed by atoms with van der Waals surface area (Å²) in [7, 11) is 0. The van der Waals surface area contributed by atoms with Gasteiger partial charge in [0.25, 0.3) is 0 Å². The largest absolute Gasteiger partial charge is 0.0955 e. The molecule has 1 aromatic rings. The van der Waals surface area contributed by atoms with Gasteiger partial charge in [-0.3, -0.25) is 0 Å². The quantitative estimate of drug-likeness (QED) is 0.554. The molecule has 0 nitrogen and oxygen atoms in total. The predicted molar refractivity (Wildman–Crippen MR) is 78.2 cm³/mol. The number of hydrogen-bond acceptors (Lipinski definition) is 0. The average molecular weight is 241 g/mol. The van der Waals surface area contributed by atoms with Crippen LogP contribution < -0.4 is 0 Å². The Morgan fingerprint density at radius 3 is 1.94 bits per heavy atom. The van der Waals surface area contributed by atoms with Gasteiger partial charge in [-0.15, -0.1) is 0 Å². The molecule has 92 valence electrons. The Hall–Kier alpha value is -0.750. The molecule has 0 spiro atoms.